The fourth-order valence-electron chi connectivity index (χ4n) is 1.97. The Kier molecular flexibility index (Phi) is 5.98. The maximum absolute atomic E-state index is 12.0. The van der Waals surface area contributed by atoms with Crippen LogP contribution in [0.5, 0.6) is 11.5 Å². The van der Waals surface area contributed by atoms with Crippen molar-refractivity contribution in [3.8, 4) is 22.1 Å². The number of hydrogen-bond donors (Lipinski definition) is 1. The van der Waals surface area contributed by atoms with E-state index in [0.29, 0.717) is 36.3 Å². The zero-order valence-electron chi connectivity index (χ0n) is 13.9. The molecule has 0 aliphatic heterocycles. The van der Waals surface area contributed by atoms with Crippen molar-refractivity contribution >= 4 is 17.2 Å². The van der Waals surface area contributed by atoms with Crippen molar-refractivity contribution < 1.29 is 14.3 Å². The fraction of sp³-hybridized carbons (Fsp3) is 0.412. The van der Waals surface area contributed by atoms with Crippen LogP contribution in [0.25, 0.3) is 10.6 Å². The van der Waals surface area contributed by atoms with Crippen LogP contribution < -0.4 is 14.8 Å². The van der Waals surface area contributed by atoms with E-state index < -0.39 is 0 Å². The molecule has 1 aromatic carbocycles. The maximum atomic E-state index is 12.0. The van der Waals surface area contributed by atoms with Gasteiger partial charge in [0.1, 0.15) is 10.7 Å². The smallest absolute Gasteiger partial charge is 0.270 e. The lowest BCUT2D eigenvalue weighted by Gasteiger charge is -2.10. The average Bonchev–Trinajstić information content (AvgIpc) is 3.03. The number of thiazole rings is 1. The van der Waals surface area contributed by atoms with Gasteiger partial charge in [-0.15, -0.1) is 11.3 Å². The predicted molar refractivity (Wildman–Crippen MR) is 92.4 cm³/mol. The number of carbonyl (C=O) groups excluding carboxylic acids is 1. The third kappa shape index (κ3) is 4.45. The van der Waals surface area contributed by atoms with E-state index in [9.17, 15) is 4.79 Å². The van der Waals surface area contributed by atoms with Gasteiger partial charge in [0.25, 0.3) is 5.91 Å². The number of aromatic nitrogens is 1. The van der Waals surface area contributed by atoms with Crippen molar-refractivity contribution in [2.45, 2.75) is 20.8 Å². The molecule has 1 amide bonds. The van der Waals surface area contributed by atoms with Crippen molar-refractivity contribution in [1.82, 2.24) is 10.3 Å². The summed E-state index contributed by atoms with van der Waals surface area (Å²) in [6.07, 6.45) is 0. The van der Waals surface area contributed by atoms with E-state index in [1.54, 1.807) is 12.5 Å². The Morgan fingerprint density at radius 2 is 2.13 bits per heavy atom. The highest BCUT2D eigenvalue weighted by Gasteiger charge is 2.14. The second-order valence-electron chi connectivity index (χ2n) is 5.44. The molecule has 0 spiro atoms. The topological polar surface area (TPSA) is 60.5 Å². The molecule has 1 N–H and O–H groups in total. The number of hydrogen-bond acceptors (Lipinski definition) is 5. The van der Waals surface area contributed by atoms with Crippen LogP contribution in [0.3, 0.4) is 0 Å². The minimum Gasteiger partial charge on any atom is -0.493 e. The molecule has 124 valence electrons. The molecular formula is C17H22N2O3S. The second kappa shape index (κ2) is 7.97. The van der Waals surface area contributed by atoms with Gasteiger partial charge in [-0.05, 0) is 31.0 Å². The van der Waals surface area contributed by atoms with Crippen molar-refractivity contribution in [3.05, 3.63) is 29.3 Å². The van der Waals surface area contributed by atoms with Gasteiger partial charge in [0.15, 0.2) is 11.5 Å². The van der Waals surface area contributed by atoms with Crippen LogP contribution in [0.15, 0.2) is 23.6 Å². The SMILES string of the molecule is CCOc1ccc(-c2nc(C(=O)NCC(C)C)cs2)cc1OC. The van der Waals surface area contributed by atoms with Gasteiger partial charge in [-0.3, -0.25) is 4.79 Å². The molecule has 6 heteroatoms. The molecule has 1 aromatic heterocycles. The normalized spacial score (nSPS) is 10.7. The van der Waals surface area contributed by atoms with Crippen molar-refractivity contribution in [2.75, 3.05) is 20.3 Å². The first kappa shape index (κ1) is 17.3. The number of nitrogens with zero attached hydrogens (tertiary/aromatic N) is 1. The van der Waals surface area contributed by atoms with Gasteiger partial charge in [-0.2, -0.15) is 0 Å². The summed E-state index contributed by atoms with van der Waals surface area (Å²) in [5.74, 6) is 1.63. The van der Waals surface area contributed by atoms with Gasteiger partial charge in [0.2, 0.25) is 0 Å². The van der Waals surface area contributed by atoms with E-state index in [-0.39, 0.29) is 5.91 Å². The van der Waals surface area contributed by atoms with Gasteiger partial charge in [-0.25, -0.2) is 4.98 Å². The first-order valence-corrected chi connectivity index (χ1v) is 8.48. The van der Waals surface area contributed by atoms with Crippen LogP contribution in [0.4, 0.5) is 0 Å². The predicted octanol–water partition coefficient (Wildman–Crippen LogP) is 3.60. The lowest BCUT2D eigenvalue weighted by molar-refractivity contribution is 0.0945. The van der Waals surface area contributed by atoms with Crippen LogP contribution in [0.2, 0.25) is 0 Å². The van der Waals surface area contributed by atoms with Gasteiger partial charge in [0.05, 0.1) is 13.7 Å². The molecular weight excluding hydrogens is 312 g/mol. The molecule has 0 aliphatic carbocycles. The van der Waals surface area contributed by atoms with Crippen LogP contribution in [-0.2, 0) is 0 Å². The number of nitrogens with one attached hydrogen (secondary N) is 1. The molecule has 0 saturated carbocycles. The van der Waals surface area contributed by atoms with Crippen LogP contribution in [-0.4, -0.2) is 31.2 Å². The minimum absolute atomic E-state index is 0.140. The first-order valence-electron chi connectivity index (χ1n) is 7.60. The fourth-order valence-corrected chi connectivity index (χ4v) is 2.77. The summed E-state index contributed by atoms with van der Waals surface area (Å²) in [5, 5.41) is 5.42. The molecule has 5 nitrogen and oxygen atoms in total. The quantitative estimate of drug-likeness (QED) is 0.840. The standard InChI is InChI=1S/C17H22N2O3S/c1-5-22-14-7-6-12(8-15(14)21-4)17-19-13(10-23-17)16(20)18-9-11(2)3/h6-8,10-11H,5,9H2,1-4H3,(H,18,20). The zero-order valence-corrected chi connectivity index (χ0v) is 14.7. The monoisotopic (exact) mass is 334 g/mol. The summed E-state index contributed by atoms with van der Waals surface area (Å²) in [5.41, 5.74) is 1.34. The first-order chi connectivity index (χ1) is 11.0. The molecule has 0 atom stereocenters. The summed E-state index contributed by atoms with van der Waals surface area (Å²) >= 11 is 1.44. The third-order valence-corrected chi connectivity index (χ3v) is 4.01. The van der Waals surface area contributed by atoms with E-state index in [1.165, 1.54) is 11.3 Å². The van der Waals surface area contributed by atoms with Crippen molar-refractivity contribution in [1.29, 1.82) is 0 Å². The van der Waals surface area contributed by atoms with E-state index in [2.05, 4.69) is 24.1 Å². The van der Waals surface area contributed by atoms with Crippen LogP contribution in [0.1, 0.15) is 31.3 Å². The largest absolute Gasteiger partial charge is 0.493 e. The molecule has 0 saturated heterocycles. The summed E-state index contributed by atoms with van der Waals surface area (Å²) < 4.78 is 10.9. The summed E-state index contributed by atoms with van der Waals surface area (Å²) in [7, 11) is 1.61. The molecule has 0 radical (unpaired) electrons. The van der Waals surface area contributed by atoms with Gasteiger partial charge >= 0.3 is 0 Å². The number of ether oxygens (including phenoxy) is 2. The Balaban J connectivity index is 2.18. The van der Waals surface area contributed by atoms with Crippen LogP contribution >= 0.6 is 11.3 Å². The molecule has 2 rings (SSSR count). The Labute approximate surface area is 140 Å². The van der Waals surface area contributed by atoms with Gasteiger partial charge in [-0.1, -0.05) is 13.8 Å². The molecule has 0 unspecified atom stereocenters. The Hall–Kier alpha value is -2.08. The van der Waals surface area contributed by atoms with E-state index >= 15 is 0 Å². The van der Waals surface area contributed by atoms with Gasteiger partial charge in [0, 0.05) is 17.5 Å². The third-order valence-electron chi connectivity index (χ3n) is 3.12. The number of amides is 1. The number of methoxy groups -OCH3 is 1. The minimum atomic E-state index is -0.140. The number of carbonyl (C=O) groups is 1. The van der Waals surface area contributed by atoms with E-state index in [0.717, 1.165) is 10.6 Å². The van der Waals surface area contributed by atoms with Crippen molar-refractivity contribution in [3.63, 3.8) is 0 Å². The summed E-state index contributed by atoms with van der Waals surface area (Å²) in [4.78, 5) is 16.5. The lowest BCUT2D eigenvalue weighted by Crippen LogP contribution is -2.27. The molecule has 23 heavy (non-hydrogen) atoms. The number of rotatable bonds is 7. The highest BCUT2D eigenvalue weighted by molar-refractivity contribution is 7.13. The van der Waals surface area contributed by atoms with Crippen LogP contribution in [0, 0.1) is 5.92 Å². The molecule has 0 bridgehead atoms. The Morgan fingerprint density at radius 3 is 2.78 bits per heavy atom. The number of benzene rings is 1. The highest BCUT2D eigenvalue weighted by atomic mass is 32.1. The molecule has 0 fully saturated rings. The Morgan fingerprint density at radius 1 is 1.35 bits per heavy atom. The summed E-state index contributed by atoms with van der Waals surface area (Å²) in [6, 6.07) is 5.65. The lowest BCUT2D eigenvalue weighted by atomic mass is 10.2. The Bertz CT molecular complexity index is 668. The van der Waals surface area contributed by atoms with Crippen molar-refractivity contribution in [2.24, 2.45) is 5.92 Å². The van der Waals surface area contributed by atoms with Gasteiger partial charge < -0.3 is 14.8 Å². The van der Waals surface area contributed by atoms with E-state index in [4.69, 9.17) is 9.47 Å². The molecule has 1 heterocycles. The maximum Gasteiger partial charge on any atom is 0.270 e. The second-order valence-corrected chi connectivity index (χ2v) is 6.30. The highest BCUT2D eigenvalue weighted by Crippen LogP contribution is 2.33. The molecule has 0 aliphatic rings. The summed E-state index contributed by atoms with van der Waals surface area (Å²) in [6.45, 7) is 7.25. The zero-order chi connectivity index (χ0) is 16.8. The molecule has 2 aromatic rings. The average molecular weight is 334 g/mol. The van der Waals surface area contributed by atoms with E-state index in [1.807, 2.05) is 25.1 Å².